The lowest BCUT2D eigenvalue weighted by molar-refractivity contribution is 0.365. The van der Waals surface area contributed by atoms with Crippen LogP contribution in [0.2, 0.25) is 5.02 Å². The Morgan fingerprint density at radius 3 is 2.52 bits per heavy atom. The van der Waals surface area contributed by atoms with Crippen molar-refractivity contribution in [3.63, 3.8) is 0 Å². The highest BCUT2D eigenvalue weighted by atomic mass is 35.5. The van der Waals surface area contributed by atoms with Crippen molar-refractivity contribution in [2.45, 2.75) is 12.8 Å². The average molecular weight is 323 g/mol. The third-order valence-electron chi connectivity index (χ3n) is 4.45. The first-order valence-electron chi connectivity index (χ1n) is 7.70. The summed E-state index contributed by atoms with van der Waals surface area (Å²) in [5, 5.41) is 9.77. The summed E-state index contributed by atoms with van der Waals surface area (Å²) in [7, 11) is 0. The van der Waals surface area contributed by atoms with Crippen LogP contribution < -0.4 is 4.74 Å². The van der Waals surface area contributed by atoms with Crippen molar-refractivity contribution in [2.75, 3.05) is 13.1 Å². The lowest BCUT2D eigenvalue weighted by Crippen LogP contribution is -2.26. The van der Waals surface area contributed by atoms with Gasteiger partial charge in [-0.25, -0.2) is 0 Å². The summed E-state index contributed by atoms with van der Waals surface area (Å²) in [4.78, 5) is 1.81. The standard InChI is InChI=1S/C19H15ClN2O/c20-14-5-6-18-16(11-14)19(13-7-9-22(12-21)10-8-13)15-3-1-2-4-17(15)23-18/h1-6,11H,7-10H2. The SMILES string of the molecule is N#CN1CCC(=C2c3ccccc3Oc3ccc(Cl)cc32)CC1. The van der Waals surface area contributed by atoms with Crippen molar-refractivity contribution < 1.29 is 4.74 Å². The number of ether oxygens (including phenoxy) is 1. The molecule has 0 spiro atoms. The van der Waals surface area contributed by atoms with Crippen LogP contribution in [-0.4, -0.2) is 18.0 Å². The highest BCUT2D eigenvalue weighted by molar-refractivity contribution is 6.30. The van der Waals surface area contributed by atoms with Crippen molar-refractivity contribution >= 4 is 17.2 Å². The maximum atomic E-state index is 9.06. The fraction of sp³-hybridized carbons (Fsp3) is 0.211. The van der Waals surface area contributed by atoms with Crippen molar-refractivity contribution in [1.29, 1.82) is 5.26 Å². The Kier molecular flexibility index (Phi) is 3.48. The van der Waals surface area contributed by atoms with Gasteiger partial charge in [-0.3, -0.25) is 0 Å². The quantitative estimate of drug-likeness (QED) is 0.556. The second kappa shape index (κ2) is 5.64. The molecule has 4 rings (SSSR count). The highest BCUT2D eigenvalue weighted by Crippen LogP contribution is 2.47. The summed E-state index contributed by atoms with van der Waals surface area (Å²) in [5.74, 6) is 1.73. The van der Waals surface area contributed by atoms with E-state index in [0.717, 1.165) is 48.6 Å². The van der Waals surface area contributed by atoms with Gasteiger partial charge in [0.25, 0.3) is 0 Å². The molecule has 2 heterocycles. The molecule has 0 N–H and O–H groups in total. The molecule has 0 atom stereocenters. The molecule has 2 aromatic rings. The molecule has 1 fully saturated rings. The van der Waals surface area contributed by atoms with Crippen LogP contribution in [0.15, 0.2) is 48.0 Å². The number of nitrogens with zero attached hydrogens (tertiary/aromatic N) is 2. The number of halogens is 1. The zero-order valence-corrected chi connectivity index (χ0v) is 13.3. The van der Waals surface area contributed by atoms with E-state index in [1.54, 1.807) is 0 Å². The minimum absolute atomic E-state index is 0.708. The third kappa shape index (κ3) is 2.46. The van der Waals surface area contributed by atoms with Crippen LogP contribution in [0.3, 0.4) is 0 Å². The van der Waals surface area contributed by atoms with Gasteiger partial charge in [-0.2, -0.15) is 5.26 Å². The first kappa shape index (κ1) is 14.2. The number of likely N-dealkylation sites (tertiary alicyclic amines) is 1. The van der Waals surface area contributed by atoms with Gasteiger partial charge in [-0.1, -0.05) is 35.4 Å². The topological polar surface area (TPSA) is 36.3 Å². The van der Waals surface area contributed by atoms with Crippen molar-refractivity contribution in [1.82, 2.24) is 4.90 Å². The minimum Gasteiger partial charge on any atom is -0.456 e. The molecule has 0 amide bonds. The zero-order valence-electron chi connectivity index (χ0n) is 12.6. The van der Waals surface area contributed by atoms with Gasteiger partial charge in [0, 0.05) is 29.2 Å². The van der Waals surface area contributed by atoms with E-state index in [1.807, 2.05) is 41.3 Å². The van der Waals surface area contributed by atoms with E-state index in [0.29, 0.717) is 5.02 Å². The van der Waals surface area contributed by atoms with Crippen LogP contribution in [0.4, 0.5) is 0 Å². The van der Waals surface area contributed by atoms with E-state index in [4.69, 9.17) is 21.6 Å². The van der Waals surface area contributed by atoms with E-state index in [1.165, 1.54) is 11.1 Å². The van der Waals surface area contributed by atoms with E-state index in [9.17, 15) is 0 Å². The number of benzene rings is 2. The molecule has 23 heavy (non-hydrogen) atoms. The lowest BCUT2D eigenvalue weighted by atomic mass is 9.86. The summed E-state index contributed by atoms with van der Waals surface area (Å²) in [6.07, 6.45) is 4.02. The Balaban J connectivity index is 1.89. The van der Waals surface area contributed by atoms with Crippen LogP contribution in [0, 0.1) is 11.5 Å². The maximum absolute atomic E-state index is 9.06. The molecule has 114 valence electrons. The smallest absolute Gasteiger partial charge is 0.179 e. The number of piperidine rings is 1. The molecule has 0 aromatic heterocycles. The van der Waals surface area contributed by atoms with Crippen molar-refractivity contribution in [2.24, 2.45) is 0 Å². The van der Waals surface area contributed by atoms with Gasteiger partial charge >= 0.3 is 0 Å². The van der Waals surface area contributed by atoms with E-state index >= 15 is 0 Å². The Bertz CT molecular complexity index is 841. The minimum atomic E-state index is 0.708. The summed E-state index contributed by atoms with van der Waals surface area (Å²) in [5.41, 5.74) is 4.76. The molecule has 2 aliphatic rings. The molecule has 0 saturated carbocycles. The average Bonchev–Trinajstić information content (AvgIpc) is 2.60. The Hall–Kier alpha value is -2.44. The summed E-state index contributed by atoms with van der Waals surface area (Å²) in [6, 6.07) is 13.9. The fourth-order valence-electron chi connectivity index (χ4n) is 3.32. The normalized spacial score (nSPS) is 16.3. The van der Waals surface area contributed by atoms with Gasteiger partial charge in [-0.05, 0) is 42.7 Å². The predicted molar refractivity (Wildman–Crippen MR) is 90.4 cm³/mol. The van der Waals surface area contributed by atoms with Crippen LogP contribution in [0.5, 0.6) is 11.5 Å². The van der Waals surface area contributed by atoms with E-state index < -0.39 is 0 Å². The molecule has 4 heteroatoms. The molecule has 0 radical (unpaired) electrons. The Morgan fingerprint density at radius 1 is 1.00 bits per heavy atom. The first-order valence-corrected chi connectivity index (χ1v) is 8.08. The third-order valence-corrected chi connectivity index (χ3v) is 4.68. The summed E-state index contributed by atoms with van der Waals surface area (Å²) >= 11 is 6.22. The number of para-hydroxylation sites is 1. The van der Waals surface area contributed by atoms with Crippen molar-refractivity contribution in [3.05, 3.63) is 64.2 Å². The Labute approximate surface area is 140 Å². The maximum Gasteiger partial charge on any atom is 0.179 e. The number of nitriles is 1. The van der Waals surface area contributed by atoms with Gasteiger partial charge in [0.1, 0.15) is 11.5 Å². The van der Waals surface area contributed by atoms with E-state index in [-0.39, 0.29) is 0 Å². The molecular weight excluding hydrogens is 308 g/mol. The number of rotatable bonds is 0. The number of hydrogen-bond acceptors (Lipinski definition) is 3. The van der Waals surface area contributed by atoms with Crippen LogP contribution in [0.25, 0.3) is 5.57 Å². The Morgan fingerprint density at radius 2 is 1.74 bits per heavy atom. The second-order valence-corrected chi connectivity index (χ2v) is 6.24. The predicted octanol–water partition coefficient (Wildman–Crippen LogP) is 4.82. The molecule has 0 bridgehead atoms. The molecule has 0 aliphatic carbocycles. The molecule has 0 unspecified atom stereocenters. The molecule has 1 saturated heterocycles. The summed E-state index contributed by atoms with van der Waals surface area (Å²) in [6.45, 7) is 1.54. The zero-order chi connectivity index (χ0) is 15.8. The van der Waals surface area contributed by atoms with Gasteiger partial charge in [0.2, 0.25) is 0 Å². The molecular formula is C19H15ClN2O. The number of fused-ring (bicyclic) bond motifs is 2. The van der Waals surface area contributed by atoms with Crippen LogP contribution in [-0.2, 0) is 0 Å². The lowest BCUT2D eigenvalue weighted by Gasteiger charge is -2.29. The van der Waals surface area contributed by atoms with Crippen LogP contribution >= 0.6 is 11.6 Å². The largest absolute Gasteiger partial charge is 0.456 e. The molecule has 2 aliphatic heterocycles. The molecule has 2 aromatic carbocycles. The molecule has 3 nitrogen and oxygen atoms in total. The second-order valence-electron chi connectivity index (χ2n) is 5.80. The van der Waals surface area contributed by atoms with E-state index in [2.05, 4.69) is 12.3 Å². The van der Waals surface area contributed by atoms with Gasteiger partial charge in [-0.15, -0.1) is 0 Å². The van der Waals surface area contributed by atoms with Crippen LogP contribution in [0.1, 0.15) is 24.0 Å². The van der Waals surface area contributed by atoms with Gasteiger partial charge in [0.15, 0.2) is 6.19 Å². The monoisotopic (exact) mass is 322 g/mol. The van der Waals surface area contributed by atoms with Gasteiger partial charge in [0.05, 0.1) is 0 Å². The summed E-state index contributed by atoms with van der Waals surface area (Å²) < 4.78 is 6.04. The number of hydrogen-bond donors (Lipinski definition) is 0. The fourth-order valence-corrected chi connectivity index (χ4v) is 3.49. The first-order chi connectivity index (χ1) is 11.3. The highest BCUT2D eigenvalue weighted by Gasteiger charge is 2.26. The van der Waals surface area contributed by atoms with Crippen molar-refractivity contribution in [3.8, 4) is 17.7 Å². The van der Waals surface area contributed by atoms with Gasteiger partial charge < -0.3 is 9.64 Å².